The van der Waals surface area contributed by atoms with Gasteiger partial charge in [-0.1, -0.05) is 23.2 Å². The average molecular weight is 316 g/mol. The van der Waals surface area contributed by atoms with Gasteiger partial charge >= 0.3 is 0 Å². The molecular formula is C16H11Cl2N3. The lowest BCUT2D eigenvalue weighted by Crippen LogP contribution is -1.97. The largest absolute Gasteiger partial charge is 0.324 e. The molecule has 0 fully saturated rings. The normalized spacial score (nSPS) is 10.8. The summed E-state index contributed by atoms with van der Waals surface area (Å²) in [5.74, 6) is 0.759. The molecule has 0 spiro atoms. The molecule has 0 unspecified atom stereocenters. The number of hydrogen-bond acceptors (Lipinski definition) is 2. The highest BCUT2D eigenvalue weighted by Gasteiger charge is 2.15. The van der Waals surface area contributed by atoms with E-state index in [4.69, 9.17) is 28.5 Å². The molecule has 0 N–H and O–H groups in total. The average Bonchev–Trinajstić information content (AvgIpc) is 2.86. The Bertz CT molecular complexity index is 875. The molecule has 21 heavy (non-hydrogen) atoms. The Hall–Kier alpha value is -2.02. The Morgan fingerprint density at radius 1 is 1.19 bits per heavy atom. The van der Waals surface area contributed by atoms with Crippen molar-refractivity contribution in [3.8, 4) is 17.5 Å². The van der Waals surface area contributed by atoms with Crippen LogP contribution >= 0.6 is 23.2 Å². The summed E-state index contributed by atoms with van der Waals surface area (Å²) in [7, 11) is 0. The standard InChI is InChI=1S/C16H11Cl2N3/c1-2-21-15-6-3-10(9-19)7-14(15)20-16(21)12-8-11(17)4-5-13(12)18/h3-8H,2H2,1H3. The molecule has 0 aliphatic heterocycles. The topological polar surface area (TPSA) is 41.6 Å². The Labute approximate surface area is 132 Å². The maximum Gasteiger partial charge on any atom is 0.142 e. The van der Waals surface area contributed by atoms with Crippen LogP contribution in [0.4, 0.5) is 0 Å². The number of nitriles is 1. The first-order valence-corrected chi connectivity index (χ1v) is 7.25. The predicted molar refractivity (Wildman–Crippen MR) is 85.6 cm³/mol. The summed E-state index contributed by atoms with van der Waals surface area (Å²) in [4.78, 5) is 4.63. The second-order valence-corrected chi connectivity index (χ2v) is 5.46. The zero-order valence-corrected chi connectivity index (χ0v) is 12.8. The highest BCUT2D eigenvalue weighted by molar-refractivity contribution is 6.35. The van der Waals surface area contributed by atoms with Gasteiger partial charge in [-0.05, 0) is 43.3 Å². The number of nitrogens with zero attached hydrogens (tertiary/aromatic N) is 3. The van der Waals surface area contributed by atoms with E-state index in [0.717, 1.165) is 29.0 Å². The van der Waals surface area contributed by atoms with Crippen molar-refractivity contribution < 1.29 is 0 Å². The molecule has 1 aromatic heterocycles. The molecule has 0 saturated heterocycles. The van der Waals surface area contributed by atoms with Crippen molar-refractivity contribution in [3.63, 3.8) is 0 Å². The summed E-state index contributed by atoms with van der Waals surface area (Å²) in [6, 6.07) is 12.9. The van der Waals surface area contributed by atoms with E-state index in [2.05, 4.69) is 15.6 Å². The Morgan fingerprint density at radius 3 is 2.71 bits per heavy atom. The highest BCUT2D eigenvalue weighted by Crippen LogP contribution is 2.32. The number of benzene rings is 2. The zero-order chi connectivity index (χ0) is 15.0. The SMILES string of the molecule is CCn1c(-c2cc(Cl)ccc2Cl)nc2cc(C#N)ccc21. The smallest absolute Gasteiger partial charge is 0.142 e. The van der Waals surface area contributed by atoms with Crippen molar-refractivity contribution in [3.05, 3.63) is 52.0 Å². The summed E-state index contributed by atoms with van der Waals surface area (Å²) in [5.41, 5.74) is 3.14. The van der Waals surface area contributed by atoms with E-state index in [1.807, 2.05) is 19.1 Å². The Morgan fingerprint density at radius 2 is 2.00 bits per heavy atom. The van der Waals surface area contributed by atoms with Gasteiger partial charge in [0.1, 0.15) is 5.82 Å². The molecular weight excluding hydrogens is 305 g/mol. The van der Waals surface area contributed by atoms with E-state index in [9.17, 15) is 0 Å². The number of hydrogen-bond donors (Lipinski definition) is 0. The van der Waals surface area contributed by atoms with Crippen LogP contribution in [0.3, 0.4) is 0 Å². The molecule has 3 rings (SSSR count). The van der Waals surface area contributed by atoms with Crippen molar-refractivity contribution >= 4 is 34.2 Å². The first-order chi connectivity index (χ1) is 10.1. The van der Waals surface area contributed by atoms with Crippen molar-refractivity contribution in [2.24, 2.45) is 0 Å². The van der Waals surface area contributed by atoms with Gasteiger partial charge in [-0.3, -0.25) is 0 Å². The van der Waals surface area contributed by atoms with Crippen LogP contribution in [0.25, 0.3) is 22.4 Å². The third-order valence-corrected chi connectivity index (χ3v) is 3.93. The van der Waals surface area contributed by atoms with Crippen LogP contribution in [-0.2, 0) is 6.54 Å². The van der Waals surface area contributed by atoms with Gasteiger partial charge in [0.05, 0.1) is 27.7 Å². The van der Waals surface area contributed by atoms with Crippen LogP contribution in [0.15, 0.2) is 36.4 Å². The third kappa shape index (κ3) is 2.37. The third-order valence-electron chi connectivity index (χ3n) is 3.36. The van der Waals surface area contributed by atoms with Crippen molar-refractivity contribution in [1.82, 2.24) is 9.55 Å². The maximum absolute atomic E-state index is 9.00. The van der Waals surface area contributed by atoms with E-state index >= 15 is 0 Å². The molecule has 0 radical (unpaired) electrons. The molecule has 5 heteroatoms. The summed E-state index contributed by atoms with van der Waals surface area (Å²) in [5, 5.41) is 10.2. The van der Waals surface area contributed by atoms with Crippen LogP contribution in [0.5, 0.6) is 0 Å². The fraction of sp³-hybridized carbons (Fsp3) is 0.125. The Balaban J connectivity index is 2.32. The van der Waals surface area contributed by atoms with Gasteiger partial charge in [-0.15, -0.1) is 0 Å². The van der Waals surface area contributed by atoms with Gasteiger partial charge in [0.2, 0.25) is 0 Å². The van der Waals surface area contributed by atoms with Gasteiger partial charge in [0.15, 0.2) is 0 Å². The minimum Gasteiger partial charge on any atom is -0.324 e. The molecule has 104 valence electrons. The summed E-state index contributed by atoms with van der Waals surface area (Å²) in [6.07, 6.45) is 0. The molecule has 0 saturated carbocycles. The van der Waals surface area contributed by atoms with E-state index in [0.29, 0.717) is 15.6 Å². The van der Waals surface area contributed by atoms with Crippen LogP contribution in [-0.4, -0.2) is 9.55 Å². The molecule has 0 amide bonds. The molecule has 0 bridgehead atoms. The monoisotopic (exact) mass is 315 g/mol. The number of halogens is 2. The lowest BCUT2D eigenvalue weighted by atomic mass is 10.2. The fourth-order valence-electron chi connectivity index (χ4n) is 2.39. The van der Waals surface area contributed by atoms with Gasteiger partial charge in [0.25, 0.3) is 0 Å². The summed E-state index contributed by atoms with van der Waals surface area (Å²) in [6.45, 7) is 2.79. The first kappa shape index (κ1) is 13.9. The maximum atomic E-state index is 9.00. The quantitative estimate of drug-likeness (QED) is 0.674. The Kier molecular flexibility index (Phi) is 3.59. The number of fused-ring (bicyclic) bond motifs is 1. The van der Waals surface area contributed by atoms with E-state index in [-0.39, 0.29) is 0 Å². The van der Waals surface area contributed by atoms with Crippen LogP contribution < -0.4 is 0 Å². The first-order valence-electron chi connectivity index (χ1n) is 6.50. The predicted octanol–water partition coefficient (Wildman–Crippen LogP) is 4.90. The molecule has 3 aromatic rings. The van der Waals surface area contributed by atoms with Crippen LogP contribution in [0.2, 0.25) is 10.0 Å². The second kappa shape index (κ2) is 5.40. The molecule has 0 atom stereocenters. The summed E-state index contributed by atoms with van der Waals surface area (Å²) < 4.78 is 2.06. The van der Waals surface area contributed by atoms with Gasteiger partial charge < -0.3 is 4.57 Å². The molecule has 0 aliphatic rings. The number of rotatable bonds is 2. The van der Waals surface area contributed by atoms with Gasteiger partial charge in [0, 0.05) is 17.1 Å². The van der Waals surface area contributed by atoms with Crippen LogP contribution in [0, 0.1) is 11.3 Å². The van der Waals surface area contributed by atoms with Crippen molar-refractivity contribution in [2.45, 2.75) is 13.5 Å². The minimum absolute atomic E-state index is 0.590. The van der Waals surface area contributed by atoms with Gasteiger partial charge in [-0.25, -0.2) is 4.98 Å². The fourth-order valence-corrected chi connectivity index (χ4v) is 2.77. The minimum atomic E-state index is 0.590. The van der Waals surface area contributed by atoms with E-state index in [1.54, 1.807) is 24.3 Å². The van der Waals surface area contributed by atoms with Crippen LogP contribution in [0.1, 0.15) is 12.5 Å². The number of aryl methyl sites for hydroxylation is 1. The van der Waals surface area contributed by atoms with E-state index < -0.39 is 0 Å². The van der Waals surface area contributed by atoms with E-state index in [1.165, 1.54) is 0 Å². The number of aromatic nitrogens is 2. The zero-order valence-electron chi connectivity index (χ0n) is 11.3. The molecule has 0 aliphatic carbocycles. The second-order valence-electron chi connectivity index (χ2n) is 4.62. The van der Waals surface area contributed by atoms with Gasteiger partial charge in [-0.2, -0.15) is 5.26 Å². The molecule has 1 heterocycles. The number of imidazole rings is 1. The lowest BCUT2D eigenvalue weighted by molar-refractivity contribution is 0.796. The van der Waals surface area contributed by atoms with Crippen molar-refractivity contribution in [2.75, 3.05) is 0 Å². The summed E-state index contributed by atoms with van der Waals surface area (Å²) >= 11 is 12.4. The lowest BCUT2D eigenvalue weighted by Gasteiger charge is -2.08. The highest BCUT2D eigenvalue weighted by atomic mass is 35.5. The molecule has 2 aromatic carbocycles. The molecule has 3 nitrogen and oxygen atoms in total. The van der Waals surface area contributed by atoms with Crippen molar-refractivity contribution in [1.29, 1.82) is 5.26 Å².